The molecule has 0 aromatic heterocycles. The molecule has 0 radical (unpaired) electrons. The number of halogens is 3. The standard InChI is InChI=1S/C7H2BrF2N/c8-6-2-5(9)1-4(3-11)7(6)10/h1-2H. The Bertz CT molecular complexity index is 330. The fraction of sp³-hybridized carbons (Fsp3) is 0. The summed E-state index contributed by atoms with van der Waals surface area (Å²) in [7, 11) is 0. The zero-order chi connectivity index (χ0) is 8.43. The van der Waals surface area contributed by atoms with Gasteiger partial charge in [0.15, 0.2) is 5.82 Å². The van der Waals surface area contributed by atoms with Crippen LogP contribution in [0.1, 0.15) is 5.56 Å². The highest BCUT2D eigenvalue weighted by atomic mass is 79.9. The van der Waals surface area contributed by atoms with Crippen LogP contribution >= 0.6 is 15.9 Å². The highest BCUT2D eigenvalue weighted by Crippen LogP contribution is 2.19. The molecule has 0 atom stereocenters. The Morgan fingerprint density at radius 2 is 2.00 bits per heavy atom. The highest BCUT2D eigenvalue weighted by Gasteiger charge is 2.07. The Kier molecular flexibility index (Phi) is 2.20. The van der Waals surface area contributed by atoms with Crippen molar-refractivity contribution in [3.63, 3.8) is 0 Å². The van der Waals surface area contributed by atoms with Gasteiger partial charge >= 0.3 is 0 Å². The van der Waals surface area contributed by atoms with Crippen molar-refractivity contribution in [3.8, 4) is 6.07 Å². The van der Waals surface area contributed by atoms with Crippen LogP contribution in [0, 0.1) is 23.0 Å². The molecule has 1 aromatic carbocycles. The lowest BCUT2D eigenvalue weighted by Crippen LogP contribution is -1.87. The van der Waals surface area contributed by atoms with Gasteiger partial charge in [-0.2, -0.15) is 5.26 Å². The SMILES string of the molecule is N#Cc1cc(F)cc(Br)c1F. The van der Waals surface area contributed by atoms with Gasteiger partial charge in [0.1, 0.15) is 11.9 Å². The number of nitriles is 1. The van der Waals surface area contributed by atoms with Gasteiger partial charge in [-0.1, -0.05) is 0 Å². The monoisotopic (exact) mass is 217 g/mol. The first-order valence-corrected chi connectivity index (χ1v) is 3.49. The molecule has 0 aliphatic carbocycles. The van der Waals surface area contributed by atoms with Crippen LogP contribution in [0.3, 0.4) is 0 Å². The summed E-state index contributed by atoms with van der Waals surface area (Å²) >= 11 is 2.77. The van der Waals surface area contributed by atoms with E-state index >= 15 is 0 Å². The van der Waals surface area contributed by atoms with E-state index in [1.165, 1.54) is 6.07 Å². The molecule has 1 nitrogen and oxygen atoms in total. The maximum atomic E-state index is 12.7. The van der Waals surface area contributed by atoms with E-state index in [1.54, 1.807) is 0 Å². The molecule has 0 saturated heterocycles. The molecule has 11 heavy (non-hydrogen) atoms. The number of rotatable bonds is 0. The van der Waals surface area contributed by atoms with Gasteiger partial charge in [0.2, 0.25) is 0 Å². The first-order chi connectivity index (χ1) is 5.15. The molecule has 0 amide bonds. The molecule has 0 aliphatic rings. The molecule has 0 bridgehead atoms. The molecule has 0 spiro atoms. The van der Waals surface area contributed by atoms with Gasteiger partial charge in [0.25, 0.3) is 0 Å². The Balaban J connectivity index is 3.39. The van der Waals surface area contributed by atoms with Gasteiger partial charge in [-0.05, 0) is 28.1 Å². The van der Waals surface area contributed by atoms with Gasteiger partial charge in [-0.15, -0.1) is 0 Å². The lowest BCUT2D eigenvalue weighted by Gasteiger charge is -1.95. The van der Waals surface area contributed by atoms with Crippen LogP contribution in [0.2, 0.25) is 0 Å². The van der Waals surface area contributed by atoms with Crippen molar-refractivity contribution in [3.05, 3.63) is 33.8 Å². The van der Waals surface area contributed by atoms with Crippen LogP contribution in [0.5, 0.6) is 0 Å². The predicted octanol–water partition coefficient (Wildman–Crippen LogP) is 2.60. The van der Waals surface area contributed by atoms with Crippen LogP contribution in [-0.4, -0.2) is 0 Å². The normalized spacial score (nSPS) is 9.27. The maximum Gasteiger partial charge on any atom is 0.155 e. The molecule has 1 aromatic rings. The van der Waals surface area contributed by atoms with Crippen molar-refractivity contribution in [1.29, 1.82) is 5.26 Å². The third-order valence-electron chi connectivity index (χ3n) is 1.11. The molecular weight excluding hydrogens is 216 g/mol. The molecule has 1 rings (SSSR count). The topological polar surface area (TPSA) is 23.8 Å². The maximum absolute atomic E-state index is 12.7. The third-order valence-corrected chi connectivity index (χ3v) is 1.69. The molecule has 56 valence electrons. The van der Waals surface area contributed by atoms with Gasteiger partial charge < -0.3 is 0 Å². The summed E-state index contributed by atoms with van der Waals surface area (Å²) in [6.07, 6.45) is 0. The largest absolute Gasteiger partial charge is 0.207 e. The molecule has 0 unspecified atom stereocenters. The lowest BCUT2D eigenvalue weighted by atomic mass is 10.2. The Hall–Kier alpha value is -0.950. The van der Waals surface area contributed by atoms with Crippen LogP contribution in [0.15, 0.2) is 16.6 Å². The zero-order valence-electron chi connectivity index (χ0n) is 5.24. The van der Waals surface area contributed by atoms with Gasteiger partial charge in [0, 0.05) is 0 Å². The Morgan fingerprint density at radius 3 is 2.55 bits per heavy atom. The van der Waals surface area contributed by atoms with Crippen LogP contribution in [-0.2, 0) is 0 Å². The molecular formula is C7H2BrF2N. The number of benzene rings is 1. The number of hydrogen-bond acceptors (Lipinski definition) is 1. The first-order valence-electron chi connectivity index (χ1n) is 2.70. The number of hydrogen-bond donors (Lipinski definition) is 0. The Labute approximate surface area is 70.4 Å². The lowest BCUT2D eigenvalue weighted by molar-refractivity contribution is 0.591. The van der Waals surface area contributed by atoms with Crippen LogP contribution < -0.4 is 0 Å². The first kappa shape index (κ1) is 8.15. The summed E-state index contributed by atoms with van der Waals surface area (Å²) in [4.78, 5) is 0. The summed E-state index contributed by atoms with van der Waals surface area (Å²) in [6.45, 7) is 0. The highest BCUT2D eigenvalue weighted by molar-refractivity contribution is 9.10. The van der Waals surface area contributed by atoms with E-state index in [0.717, 1.165) is 12.1 Å². The van der Waals surface area contributed by atoms with E-state index in [4.69, 9.17) is 5.26 Å². The van der Waals surface area contributed by atoms with E-state index in [0.29, 0.717) is 0 Å². The minimum Gasteiger partial charge on any atom is -0.207 e. The summed E-state index contributed by atoms with van der Waals surface area (Å²) in [5, 5.41) is 8.29. The quantitative estimate of drug-likeness (QED) is 0.614. The summed E-state index contributed by atoms with van der Waals surface area (Å²) < 4.78 is 25.2. The van der Waals surface area contributed by atoms with E-state index < -0.39 is 11.6 Å². The van der Waals surface area contributed by atoms with Gasteiger partial charge in [-0.3, -0.25) is 0 Å². The van der Waals surface area contributed by atoms with Gasteiger partial charge in [-0.25, -0.2) is 8.78 Å². The van der Waals surface area contributed by atoms with Crippen molar-refractivity contribution in [1.82, 2.24) is 0 Å². The van der Waals surface area contributed by atoms with Crippen molar-refractivity contribution in [2.45, 2.75) is 0 Å². The molecule has 0 saturated carbocycles. The second-order valence-corrected chi connectivity index (χ2v) is 2.72. The van der Waals surface area contributed by atoms with Gasteiger partial charge in [0.05, 0.1) is 10.0 Å². The van der Waals surface area contributed by atoms with E-state index in [9.17, 15) is 8.78 Å². The van der Waals surface area contributed by atoms with Crippen molar-refractivity contribution in [2.75, 3.05) is 0 Å². The summed E-state index contributed by atoms with van der Waals surface area (Å²) in [6, 6.07) is 3.35. The second kappa shape index (κ2) is 2.97. The van der Waals surface area contributed by atoms with Crippen LogP contribution in [0.4, 0.5) is 8.78 Å². The fourth-order valence-corrected chi connectivity index (χ4v) is 1.07. The molecule has 0 fully saturated rings. The van der Waals surface area contributed by atoms with E-state index in [2.05, 4.69) is 15.9 Å². The molecule has 0 heterocycles. The zero-order valence-corrected chi connectivity index (χ0v) is 6.82. The second-order valence-electron chi connectivity index (χ2n) is 1.86. The van der Waals surface area contributed by atoms with E-state index in [1.807, 2.05) is 0 Å². The van der Waals surface area contributed by atoms with Crippen molar-refractivity contribution < 1.29 is 8.78 Å². The van der Waals surface area contributed by atoms with E-state index in [-0.39, 0.29) is 10.0 Å². The predicted molar refractivity (Wildman–Crippen MR) is 38.8 cm³/mol. The minimum atomic E-state index is -0.728. The average molecular weight is 218 g/mol. The van der Waals surface area contributed by atoms with Crippen LogP contribution in [0.25, 0.3) is 0 Å². The molecule has 4 heteroatoms. The Morgan fingerprint density at radius 1 is 1.36 bits per heavy atom. The minimum absolute atomic E-state index is 0.0333. The smallest absolute Gasteiger partial charge is 0.155 e. The molecule has 0 aliphatic heterocycles. The molecule has 0 N–H and O–H groups in total. The number of nitrogens with zero attached hydrogens (tertiary/aromatic N) is 1. The van der Waals surface area contributed by atoms with Crippen molar-refractivity contribution in [2.24, 2.45) is 0 Å². The summed E-state index contributed by atoms with van der Waals surface area (Å²) in [5.41, 5.74) is -0.295. The average Bonchev–Trinajstić information content (AvgIpc) is 1.96. The summed E-state index contributed by atoms with van der Waals surface area (Å²) in [5.74, 6) is -1.36. The third kappa shape index (κ3) is 1.55. The van der Waals surface area contributed by atoms with Crippen molar-refractivity contribution >= 4 is 15.9 Å². The fourth-order valence-electron chi connectivity index (χ4n) is 0.637.